The van der Waals surface area contributed by atoms with Gasteiger partial charge in [0.05, 0.1) is 4.90 Å². The normalized spacial score (nSPS) is 12.6. The summed E-state index contributed by atoms with van der Waals surface area (Å²) >= 11 is 0. The van der Waals surface area contributed by atoms with Gasteiger partial charge in [-0.2, -0.15) is 4.31 Å². The molecule has 21 heavy (non-hydrogen) atoms. The summed E-state index contributed by atoms with van der Waals surface area (Å²) in [6.45, 7) is 11.8. The maximum atomic E-state index is 12.7. The van der Waals surface area contributed by atoms with Gasteiger partial charge in [-0.3, -0.25) is 0 Å². The van der Waals surface area contributed by atoms with Gasteiger partial charge in [-0.1, -0.05) is 46.8 Å². The van der Waals surface area contributed by atoms with E-state index in [0.29, 0.717) is 36.5 Å². The number of sulfonamides is 1. The number of rotatable bonds is 8. The maximum Gasteiger partial charge on any atom is 0.243 e. The molecule has 0 spiro atoms. The molecule has 0 radical (unpaired) electrons. The first kappa shape index (κ1) is 18.1. The highest BCUT2D eigenvalue weighted by atomic mass is 32.2. The zero-order valence-corrected chi connectivity index (χ0v) is 14.6. The van der Waals surface area contributed by atoms with E-state index in [9.17, 15) is 8.42 Å². The summed E-state index contributed by atoms with van der Waals surface area (Å²) < 4.78 is 26.9. The summed E-state index contributed by atoms with van der Waals surface area (Å²) in [5.74, 6) is 0.311. The van der Waals surface area contributed by atoms with Crippen LogP contribution in [0.25, 0.3) is 0 Å². The van der Waals surface area contributed by atoms with Crippen LogP contribution in [0.5, 0.6) is 0 Å². The van der Waals surface area contributed by atoms with Crippen LogP contribution in [0, 0.1) is 5.92 Å². The fraction of sp³-hybridized carbons (Fsp3) is 0.625. The van der Waals surface area contributed by atoms with E-state index in [2.05, 4.69) is 19.2 Å². The van der Waals surface area contributed by atoms with Crippen molar-refractivity contribution < 1.29 is 8.42 Å². The zero-order valence-electron chi connectivity index (χ0n) is 13.8. The molecule has 4 nitrogen and oxygen atoms in total. The highest BCUT2D eigenvalue weighted by Crippen LogP contribution is 2.18. The smallest absolute Gasteiger partial charge is 0.243 e. The Morgan fingerprint density at radius 2 is 1.86 bits per heavy atom. The Morgan fingerprint density at radius 1 is 1.19 bits per heavy atom. The molecule has 0 atom stereocenters. The van der Waals surface area contributed by atoms with Gasteiger partial charge in [0.1, 0.15) is 0 Å². The van der Waals surface area contributed by atoms with Crippen LogP contribution in [0.3, 0.4) is 0 Å². The maximum absolute atomic E-state index is 12.7. The molecule has 0 heterocycles. The standard InChI is InChI=1S/C16H28N2O2S/c1-6-18(12-13(2)3)21(19,20)16-9-7-8-15(10-16)11-17-14(4)5/h7-10,13-14,17H,6,11-12H2,1-5H3. The second-order valence-electron chi connectivity index (χ2n) is 6.03. The predicted octanol–water partition coefficient (Wildman–Crippen LogP) is 2.85. The zero-order chi connectivity index (χ0) is 16.0. The molecular weight excluding hydrogens is 284 g/mol. The molecule has 0 aliphatic carbocycles. The Bertz CT molecular complexity index is 539. The van der Waals surface area contributed by atoms with Crippen LogP contribution in [0.15, 0.2) is 29.2 Å². The van der Waals surface area contributed by atoms with E-state index in [-0.39, 0.29) is 0 Å². The molecular formula is C16H28N2O2S. The quantitative estimate of drug-likeness (QED) is 0.803. The first-order chi connectivity index (χ1) is 9.77. The number of nitrogens with zero attached hydrogens (tertiary/aromatic N) is 1. The van der Waals surface area contributed by atoms with Crippen LogP contribution in [0.1, 0.15) is 40.2 Å². The van der Waals surface area contributed by atoms with Crippen molar-refractivity contribution in [1.82, 2.24) is 9.62 Å². The molecule has 0 aliphatic heterocycles. The Balaban J connectivity index is 2.99. The number of hydrogen-bond donors (Lipinski definition) is 1. The average molecular weight is 312 g/mol. The molecule has 0 bridgehead atoms. The van der Waals surface area contributed by atoms with Gasteiger partial charge < -0.3 is 5.32 Å². The van der Waals surface area contributed by atoms with Gasteiger partial charge >= 0.3 is 0 Å². The van der Waals surface area contributed by atoms with Crippen LogP contribution >= 0.6 is 0 Å². The van der Waals surface area contributed by atoms with Crippen molar-refractivity contribution >= 4 is 10.0 Å². The molecule has 0 unspecified atom stereocenters. The van der Waals surface area contributed by atoms with Crippen LogP contribution in [-0.4, -0.2) is 31.9 Å². The summed E-state index contributed by atoms with van der Waals surface area (Å²) in [4.78, 5) is 0.382. The van der Waals surface area contributed by atoms with Gasteiger partial charge in [0.25, 0.3) is 0 Å². The summed E-state index contributed by atoms with van der Waals surface area (Å²) in [6.07, 6.45) is 0. The van der Waals surface area contributed by atoms with Crippen molar-refractivity contribution in [1.29, 1.82) is 0 Å². The fourth-order valence-corrected chi connectivity index (χ4v) is 3.77. The third-order valence-electron chi connectivity index (χ3n) is 3.17. The summed E-state index contributed by atoms with van der Waals surface area (Å²) in [7, 11) is -3.40. The highest BCUT2D eigenvalue weighted by Gasteiger charge is 2.23. The van der Waals surface area contributed by atoms with E-state index in [1.807, 2.05) is 32.9 Å². The van der Waals surface area contributed by atoms with Crippen LogP contribution in [0.4, 0.5) is 0 Å². The number of benzene rings is 1. The van der Waals surface area contributed by atoms with Crippen LogP contribution in [0.2, 0.25) is 0 Å². The average Bonchev–Trinajstić information content (AvgIpc) is 2.42. The lowest BCUT2D eigenvalue weighted by molar-refractivity contribution is 0.381. The van der Waals surface area contributed by atoms with Gasteiger partial charge in [0.2, 0.25) is 10.0 Å². The second-order valence-corrected chi connectivity index (χ2v) is 7.97. The van der Waals surface area contributed by atoms with E-state index in [1.54, 1.807) is 16.4 Å². The Kier molecular flexibility index (Phi) is 6.84. The SMILES string of the molecule is CCN(CC(C)C)S(=O)(=O)c1cccc(CNC(C)C)c1. The number of hydrogen-bond acceptors (Lipinski definition) is 3. The van der Waals surface area contributed by atoms with E-state index < -0.39 is 10.0 Å². The molecule has 0 saturated heterocycles. The first-order valence-corrected chi connectivity index (χ1v) is 9.03. The van der Waals surface area contributed by atoms with E-state index in [0.717, 1.165) is 5.56 Å². The molecule has 5 heteroatoms. The van der Waals surface area contributed by atoms with Crippen LogP contribution < -0.4 is 5.32 Å². The molecule has 0 amide bonds. The summed E-state index contributed by atoms with van der Waals surface area (Å²) in [6, 6.07) is 7.59. The molecule has 1 N–H and O–H groups in total. The minimum Gasteiger partial charge on any atom is -0.310 e. The lowest BCUT2D eigenvalue weighted by Crippen LogP contribution is -2.34. The number of nitrogens with one attached hydrogen (secondary N) is 1. The van der Waals surface area contributed by atoms with Gasteiger partial charge in [-0.05, 0) is 23.6 Å². The Morgan fingerprint density at radius 3 is 2.38 bits per heavy atom. The van der Waals surface area contributed by atoms with Crippen molar-refractivity contribution in [2.75, 3.05) is 13.1 Å². The third kappa shape index (κ3) is 5.41. The molecule has 1 aromatic carbocycles. The Labute approximate surface area is 129 Å². The second kappa shape index (κ2) is 7.92. The topological polar surface area (TPSA) is 49.4 Å². The fourth-order valence-electron chi connectivity index (χ4n) is 2.09. The molecule has 1 rings (SSSR count). The third-order valence-corrected chi connectivity index (χ3v) is 5.11. The van der Waals surface area contributed by atoms with Gasteiger partial charge in [0.15, 0.2) is 0 Å². The predicted molar refractivity (Wildman–Crippen MR) is 87.7 cm³/mol. The van der Waals surface area contributed by atoms with Crippen molar-refractivity contribution in [2.24, 2.45) is 5.92 Å². The van der Waals surface area contributed by atoms with E-state index in [1.165, 1.54) is 0 Å². The lowest BCUT2D eigenvalue weighted by Gasteiger charge is -2.22. The van der Waals surface area contributed by atoms with Crippen molar-refractivity contribution in [3.63, 3.8) is 0 Å². The van der Waals surface area contributed by atoms with Gasteiger partial charge in [-0.15, -0.1) is 0 Å². The molecule has 120 valence electrons. The molecule has 0 aromatic heterocycles. The summed E-state index contributed by atoms with van der Waals surface area (Å²) in [5, 5.41) is 3.31. The summed E-state index contributed by atoms with van der Waals surface area (Å²) in [5.41, 5.74) is 0.991. The monoisotopic (exact) mass is 312 g/mol. The Hall–Kier alpha value is -0.910. The molecule has 0 fully saturated rings. The van der Waals surface area contributed by atoms with Crippen molar-refractivity contribution in [3.05, 3.63) is 29.8 Å². The van der Waals surface area contributed by atoms with E-state index in [4.69, 9.17) is 0 Å². The minimum atomic E-state index is -3.40. The van der Waals surface area contributed by atoms with Gasteiger partial charge in [-0.25, -0.2) is 8.42 Å². The lowest BCUT2D eigenvalue weighted by atomic mass is 10.2. The highest BCUT2D eigenvalue weighted by molar-refractivity contribution is 7.89. The van der Waals surface area contributed by atoms with E-state index >= 15 is 0 Å². The van der Waals surface area contributed by atoms with Gasteiger partial charge in [0, 0.05) is 25.7 Å². The molecule has 1 aromatic rings. The largest absolute Gasteiger partial charge is 0.310 e. The van der Waals surface area contributed by atoms with Crippen molar-refractivity contribution in [2.45, 2.75) is 52.1 Å². The minimum absolute atomic E-state index is 0.311. The molecule has 0 saturated carbocycles. The van der Waals surface area contributed by atoms with Crippen LogP contribution in [-0.2, 0) is 16.6 Å². The molecule has 0 aliphatic rings. The first-order valence-electron chi connectivity index (χ1n) is 7.59. The van der Waals surface area contributed by atoms with Crippen molar-refractivity contribution in [3.8, 4) is 0 Å².